The van der Waals surface area contributed by atoms with Gasteiger partial charge in [-0.1, -0.05) is 18.2 Å². The maximum absolute atomic E-state index is 12.5. The molecule has 142 valence electrons. The van der Waals surface area contributed by atoms with Gasteiger partial charge in [0.05, 0.1) is 23.8 Å². The van der Waals surface area contributed by atoms with E-state index in [0.717, 1.165) is 37.1 Å². The summed E-state index contributed by atoms with van der Waals surface area (Å²) in [7, 11) is 0. The van der Waals surface area contributed by atoms with Crippen LogP contribution in [0.1, 0.15) is 36.2 Å². The first-order valence-corrected chi connectivity index (χ1v) is 9.54. The molecule has 1 fully saturated rings. The highest BCUT2D eigenvalue weighted by atomic mass is 16.4. The van der Waals surface area contributed by atoms with E-state index in [1.165, 1.54) is 11.3 Å². The summed E-state index contributed by atoms with van der Waals surface area (Å²) in [5, 5.41) is 16.9. The number of carboxylic acids is 1. The summed E-state index contributed by atoms with van der Waals surface area (Å²) < 4.78 is 1.99. The number of amides is 2. The number of aromatic nitrogens is 2. The quantitative estimate of drug-likeness (QED) is 0.867. The summed E-state index contributed by atoms with van der Waals surface area (Å²) >= 11 is 0. The van der Waals surface area contributed by atoms with Crippen molar-refractivity contribution < 1.29 is 14.7 Å². The Labute approximate surface area is 158 Å². The highest BCUT2D eigenvalue weighted by Gasteiger charge is 2.29. The maximum atomic E-state index is 12.5. The molecule has 2 aromatic rings. The number of nitrogens with one attached hydrogen (secondary N) is 1. The van der Waals surface area contributed by atoms with Crippen LogP contribution in [-0.2, 0) is 24.2 Å². The number of fused-ring (bicyclic) bond motifs is 1. The first-order chi connectivity index (χ1) is 13.1. The largest absolute Gasteiger partial charge is 0.481 e. The number of benzene rings is 1. The molecule has 0 bridgehead atoms. The molecule has 7 nitrogen and oxygen atoms in total. The molecule has 4 rings (SSSR count). The van der Waals surface area contributed by atoms with Crippen molar-refractivity contribution >= 4 is 12.0 Å². The van der Waals surface area contributed by atoms with Gasteiger partial charge in [-0.05, 0) is 49.8 Å². The monoisotopic (exact) mass is 368 g/mol. The second kappa shape index (κ2) is 7.42. The van der Waals surface area contributed by atoms with E-state index in [9.17, 15) is 14.7 Å². The molecule has 1 aromatic carbocycles. The first kappa shape index (κ1) is 17.6. The molecule has 2 aliphatic rings. The lowest BCUT2D eigenvalue weighted by atomic mass is 9.99. The van der Waals surface area contributed by atoms with Crippen LogP contribution < -0.4 is 5.32 Å². The van der Waals surface area contributed by atoms with Crippen LogP contribution in [-0.4, -0.2) is 44.9 Å². The summed E-state index contributed by atoms with van der Waals surface area (Å²) in [6.07, 6.45) is 4.44. The number of hydrogen-bond donors (Lipinski definition) is 2. The number of carbonyl (C=O) groups excluding carboxylic acids is 1. The number of urea groups is 1. The molecular weight excluding hydrogens is 344 g/mol. The van der Waals surface area contributed by atoms with Crippen molar-refractivity contribution in [2.75, 3.05) is 13.1 Å². The highest BCUT2D eigenvalue weighted by Crippen LogP contribution is 2.27. The van der Waals surface area contributed by atoms with Gasteiger partial charge in [0.2, 0.25) is 0 Å². The molecule has 2 heterocycles. The average Bonchev–Trinajstić information content (AvgIpc) is 3.30. The molecule has 1 aromatic heterocycles. The number of likely N-dealkylation sites (tertiary alicyclic amines) is 1. The van der Waals surface area contributed by atoms with Gasteiger partial charge in [0.25, 0.3) is 0 Å². The van der Waals surface area contributed by atoms with Crippen molar-refractivity contribution in [2.24, 2.45) is 5.92 Å². The van der Waals surface area contributed by atoms with Gasteiger partial charge in [-0.3, -0.25) is 4.79 Å². The van der Waals surface area contributed by atoms with Crippen molar-refractivity contribution in [1.29, 1.82) is 0 Å². The summed E-state index contributed by atoms with van der Waals surface area (Å²) in [6.45, 7) is 1.25. The Morgan fingerprint density at radius 3 is 2.78 bits per heavy atom. The normalized spacial score (nSPS) is 19.0. The molecular formula is C20H24N4O3. The molecule has 1 aliphatic heterocycles. The van der Waals surface area contributed by atoms with Gasteiger partial charge >= 0.3 is 12.0 Å². The third kappa shape index (κ3) is 3.54. The minimum absolute atomic E-state index is 0.207. The topological polar surface area (TPSA) is 87.5 Å². The average molecular weight is 368 g/mol. The lowest BCUT2D eigenvalue weighted by Crippen LogP contribution is -2.46. The molecule has 1 saturated heterocycles. The lowest BCUT2D eigenvalue weighted by molar-refractivity contribution is -0.143. The van der Waals surface area contributed by atoms with Crippen LogP contribution in [0.2, 0.25) is 0 Å². The van der Waals surface area contributed by atoms with Gasteiger partial charge in [0, 0.05) is 18.8 Å². The number of aliphatic carboxylic acids is 1. The van der Waals surface area contributed by atoms with Crippen LogP contribution in [0.15, 0.2) is 30.3 Å². The van der Waals surface area contributed by atoms with Crippen LogP contribution in [0.5, 0.6) is 0 Å². The Hall–Kier alpha value is -2.83. The predicted octanol–water partition coefficient (Wildman–Crippen LogP) is 2.37. The molecule has 1 atom stereocenters. The van der Waals surface area contributed by atoms with Crippen LogP contribution >= 0.6 is 0 Å². The van der Waals surface area contributed by atoms with Gasteiger partial charge in [-0.25, -0.2) is 9.48 Å². The first-order valence-electron chi connectivity index (χ1n) is 9.54. The van der Waals surface area contributed by atoms with Crippen LogP contribution in [0, 0.1) is 5.92 Å². The third-order valence-corrected chi connectivity index (χ3v) is 5.48. The number of carbonyl (C=O) groups is 2. The Bertz CT molecular complexity index is 846. The summed E-state index contributed by atoms with van der Waals surface area (Å²) in [5.74, 6) is -1.29. The zero-order valence-corrected chi connectivity index (χ0v) is 15.2. The molecule has 1 aliphatic carbocycles. The highest BCUT2D eigenvalue weighted by molar-refractivity contribution is 5.76. The zero-order chi connectivity index (χ0) is 18.8. The van der Waals surface area contributed by atoms with E-state index in [-0.39, 0.29) is 12.6 Å². The second-order valence-electron chi connectivity index (χ2n) is 7.25. The Balaban J connectivity index is 1.46. The molecule has 2 amide bonds. The fourth-order valence-electron chi connectivity index (χ4n) is 4.07. The molecule has 0 spiro atoms. The van der Waals surface area contributed by atoms with Crippen LogP contribution in [0.3, 0.4) is 0 Å². The number of para-hydroxylation sites is 1. The predicted molar refractivity (Wildman–Crippen MR) is 99.8 cm³/mol. The minimum atomic E-state index is -0.827. The van der Waals surface area contributed by atoms with E-state index in [1.807, 2.05) is 35.0 Å². The zero-order valence-electron chi connectivity index (χ0n) is 15.2. The molecule has 7 heteroatoms. The summed E-state index contributed by atoms with van der Waals surface area (Å²) in [4.78, 5) is 25.3. The maximum Gasteiger partial charge on any atom is 0.317 e. The van der Waals surface area contributed by atoms with E-state index in [1.54, 1.807) is 4.90 Å². The van der Waals surface area contributed by atoms with Crippen LogP contribution in [0.25, 0.3) is 5.69 Å². The van der Waals surface area contributed by atoms with E-state index in [0.29, 0.717) is 19.5 Å². The Morgan fingerprint density at radius 2 is 2.00 bits per heavy atom. The standard InChI is InChI=1S/C20H24N4O3/c25-19(26)14-6-5-11-23(13-14)20(27)21-12-17-16-9-4-10-18(16)24(22-17)15-7-2-1-3-8-15/h1-3,7-8,14H,4-6,9-13H2,(H,21,27)(H,25,26). The van der Waals surface area contributed by atoms with Crippen LogP contribution in [0.4, 0.5) is 4.79 Å². The smallest absolute Gasteiger partial charge is 0.317 e. The SMILES string of the molecule is O=C(O)C1CCCN(C(=O)NCc2nn(-c3ccccc3)c3c2CCC3)C1. The number of hydrogen-bond acceptors (Lipinski definition) is 3. The van der Waals surface area contributed by atoms with Gasteiger partial charge in [-0.2, -0.15) is 5.10 Å². The number of carboxylic acid groups (broad SMARTS) is 1. The van der Waals surface area contributed by atoms with E-state index < -0.39 is 11.9 Å². The molecule has 27 heavy (non-hydrogen) atoms. The molecule has 0 radical (unpaired) electrons. The van der Waals surface area contributed by atoms with E-state index >= 15 is 0 Å². The van der Waals surface area contributed by atoms with Crippen molar-refractivity contribution in [1.82, 2.24) is 20.0 Å². The number of rotatable bonds is 4. The Morgan fingerprint density at radius 1 is 1.19 bits per heavy atom. The van der Waals surface area contributed by atoms with Gasteiger partial charge in [-0.15, -0.1) is 0 Å². The second-order valence-corrected chi connectivity index (χ2v) is 7.25. The minimum Gasteiger partial charge on any atom is -0.481 e. The fraction of sp³-hybridized carbons (Fsp3) is 0.450. The van der Waals surface area contributed by atoms with Gasteiger partial charge in [0.15, 0.2) is 0 Å². The van der Waals surface area contributed by atoms with Crippen molar-refractivity contribution in [3.8, 4) is 5.69 Å². The van der Waals surface area contributed by atoms with Crippen molar-refractivity contribution in [3.05, 3.63) is 47.3 Å². The summed E-state index contributed by atoms with van der Waals surface area (Å²) in [5.41, 5.74) is 4.41. The van der Waals surface area contributed by atoms with E-state index in [4.69, 9.17) is 5.10 Å². The van der Waals surface area contributed by atoms with Gasteiger partial charge in [0.1, 0.15) is 0 Å². The number of nitrogens with zero attached hydrogens (tertiary/aromatic N) is 3. The molecule has 2 N–H and O–H groups in total. The lowest BCUT2D eigenvalue weighted by Gasteiger charge is -2.30. The molecule has 0 saturated carbocycles. The third-order valence-electron chi connectivity index (χ3n) is 5.48. The molecule has 1 unspecified atom stereocenters. The number of piperidine rings is 1. The van der Waals surface area contributed by atoms with Crippen molar-refractivity contribution in [2.45, 2.75) is 38.6 Å². The van der Waals surface area contributed by atoms with Gasteiger partial charge < -0.3 is 15.3 Å². The van der Waals surface area contributed by atoms with E-state index in [2.05, 4.69) is 5.32 Å². The summed E-state index contributed by atoms with van der Waals surface area (Å²) in [6, 6.07) is 9.84. The van der Waals surface area contributed by atoms with Crippen molar-refractivity contribution in [3.63, 3.8) is 0 Å². The Kier molecular flexibility index (Phi) is 4.83. The fourth-order valence-corrected chi connectivity index (χ4v) is 4.07.